The number of anilines is 1. The van der Waals surface area contributed by atoms with Gasteiger partial charge in [0.2, 0.25) is 5.91 Å². The number of fused-ring (bicyclic) bond motifs is 1. The van der Waals surface area contributed by atoms with Gasteiger partial charge in [0.05, 0.1) is 12.0 Å². The Morgan fingerprint density at radius 3 is 2.96 bits per heavy atom. The Kier molecular flexibility index (Phi) is 4.22. The molecule has 6 heteroatoms. The summed E-state index contributed by atoms with van der Waals surface area (Å²) in [5.74, 6) is -2.08. The Labute approximate surface area is 141 Å². The number of amides is 1. The van der Waals surface area contributed by atoms with Gasteiger partial charge in [-0.2, -0.15) is 5.26 Å². The first-order valence-corrected chi connectivity index (χ1v) is 7.82. The zero-order valence-electron chi connectivity index (χ0n) is 12.0. The minimum Gasteiger partial charge on any atom is -0.326 e. The molecule has 1 aliphatic heterocycles. The van der Waals surface area contributed by atoms with Crippen molar-refractivity contribution < 1.29 is 9.59 Å². The summed E-state index contributed by atoms with van der Waals surface area (Å²) >= 11 is 3.38. The van der Waals surface area contributed by atoms with Crippen LogP contribution < -0.4 is 5.32 Å². The number of nitriles is 1. The topological polar surface area (TPSA) is 82.8 Å². The number of Topliss-reactive ketones (excluding diaryl/α,β-unsaturated/α-hetero) is 1. The van der Waals surface area contributed by atoms with E-state index in [1.165, 1.54) is 6.20 Å². The van der Waals surface area contributed by atoms with Gasteiger partial charge in [0.1, 0.15) is 5.92 Å². The molecule has 2 unspecified atom stereocenters. The first-order chi connectivity index (χ1) is 11.1. The number of carbonyl (C=O) groups excluding carboxylic acids is 2. The summed E-state index contributed by atoms with van der Waals surface area (Å²) in [5, 5.41) is 12.2. The molecule has 1 aromatic heterocycles. The molecule has 3 rings (SSSR count). The Morgan fingerprint density at radius 2 is 2.26 bits per heavy atom. The zero-order valence-corrected chi connectivity index (χ0v) is 13.6. The van der Waals surface area contributed by atoms with E-state index >= 15 is 0 Å². The lowest BCUT2D eigenvalue weighted by atomic mass is 9.80. The van der Waals surface area contributed by atoms with E-state index in [0.717, 1.165) is 10.0 Å². The van der Waals surface area contributed by atoms with E-state index in [1.807, 2.05) is 12.1 Å². The summed E-state index contributed by atoms with van der Waals surface area (Å²) in [6.07, 6.45) is 3.14. The molecule has 0 fully saturated rings. The number of hydrogen-bond donors (Lipinski definition) is 1. The van der Waals surface area contributed by atoms with Crippen LogP contribution in [0.4, 0.5) is 5.69 Å². The lowest BCUT2D eigenvalue weighted by molar-refractivity contribution is -0.125. The molecule has 23 heavy (non-hydrogen) atoms. The van der Waals surface area contributed by atoms with Crippen molar-refractivity contribution in [2.75, 3.05) is 5.32 Å². The van der Waals surface area contributed by atoms with Crippen LogP contribution in [0.2, 0.25) is 0 Å². The van der Waals surface area contributed by atoms with E-state index in [1.54, 1.807) is 30.5 Å². The summed E-state index contributed by atoms with van der Waals surface area (Å²) in [6, 6.07) is 10.8. The van der Waals surface area contributed by atoms with Gasteiger partial charge in [-0.15, -0.1) is 0 Å². The lowest BCUT2D eigenvalue weighted by Crippen LogP contribution is -2.30. The molecule has 0 bridgehead atoms. The van der Waals surface area contributed by atoms with Crippen LogP contribution in [0.15, 0.2) is 47.2 Å². The fraction of sp³-hybridized carbons (Fsp3) is 0.176. The first-order valence-electron chi connectivity index (χ1n) is 7.02. The van der Waals surface area contributed by atoms with Gasteiger partial charge >= 0.3 is 0 Å². The minimum absolute atomic E-state index is 0.0424. The fourth-order valence-corrected chi connectivity index (χ4v) is 3.12. The molecule has 2 aromatic rings. The maximum Gasteiger partial charge on any atom is 0.225 e. The second-order valence-corrected chi connectivity index (χ2v) is 6.20. The van der Waals surface area contributed by atoms with Gasteiger partial charge in [0.25, 0.3) is 0 Å². The number of nitrogens with one attached hydrogen (secondary N) is 1. The second-order valence-electron chi connectivity index (χ2n) is 5.29. The summed E-state index contributed by atoms with van der Waals surface area (Å²) in [5.41, 5.74) is 1.89. The average molecular weight is 370 g/mol. The molecule has 1 N–H and O–H groups in total. The van der Waals surface area contributed by atoms with Crippen molar-refractivity contribution in [3.8, 4) is 6.07 Å². The van der Waals surface area contributed by atoms with Crippen molar-refractivity contribution in [2.45, 2.75) is 18.3 Å². The summed E-state index contributed by atoms with van der Waals surface area (Å²) in [7, 11) is 0. The molecule has 2 heterocycles. The van der Waals surface area contributed by atoms with E-state index in [2.05, 4.69) is 26.2 Å². The molecule has 1 aliphatic rings. The summed E-state index contributed by atoms with van der Waals surface area (Å²) in [6.45, 7) is 0. The SMILES string of the molecule is N#CC(C(=O)C1CC(=O)Nc2ccc(Br)cc21)c1cccnc1. The highest BCUT2D eigenvalue weighted by atomic mass is 79.9. The third kappa shape index (κ3) is 3.01. The molecule has 2 atom stereocenters. The number of benzene rings is 1. The van der Waals surface area contributed by atoms with Crippen LogP contribution in [0.1, 0.15) is 29.4 Å². The van der Waals surface area contributed by atoms with Crippen LogP contribution in [0, 0.1) is 11.3 Å². The molecule has 0 saturated heterocycles. The number of carbonyl (C=O) groups is 2. The summed E-state index contributed by atoms with van der Waals surface area (Å²) in [4.78, 5) is 28.8. The third-order valence-electron chi connectivity index (χ3n) is 3.83. The molecule has 5 nitrogen and oxygen atoms in total. The molecule has 1 aromatic carbocycles. The smallest absolute Gasteiger partial charge is 0.225 e. The molecule has 0 spiro atoms. The van der Waals surface area contributed by atoms with E-state index in [0.29, 0.717) is 11.3 Å². The van der Waals surface area contributed by atoms with Crippen LogP contribution in [0.3, 0.4) is 0 Å². The van der Waals surface area contributed by atoms with E-state index < -0.39 is 11.8 Å². The number of nitrogens with zero attached hydrogens (tertiary/aromatic N) is 2. The van der Waals surface area contributed by atoms with Crippen LogP contribution in [0.5, 0.6) is 0 Å². The van der Waals surface area contributed by atoms with Crippen LogP contribution >= 0.6 is 15.9 Å². The first kappa shape index (κ1) is 15.4. The molecule has 114 valence electrons. The van der Waals surface area contributed by atoms with Gasteiger partial charge in [-0.25, -0.2) is 0 Å². The maximum absolute atomic E-state index is 12.9. The molecule has 0 aliphatic carbocycles. The Hall–Kier alpha value is -2.52. The van der Waals surface area contributed by atoms with Gasteiger partial charge in [-0.05, 0) is 35.4 Å². The number of aromatic nitrogens is 1. The van der Waals surface area contributed by atoms with Crippen LogP contribution in [0.25, 0.3) is 0 Å². The standard InChI is InChI=1S/C17H12BrN3O2/c18-11-3-4-15-12(6-11)13(7-16(22)21-15)17(23)14(8-19)10-2-1-5-20-9-10/h1-6,9,13-14H,7H2,(H,21,22). The molecule has 1 amide bonds. The van der Waals surface area contributed by atoms with E-state index in [4.69, 9.17) is 0 Å². The average Bonchev–Trinajstić information content (AvgIpc) is 2.56. The summed E-state index contributed by atoms with van der Waals surface area (Å²) < 4.78 is 0.820. The van der Waals surface area contributed by atoms with Crippen molar-refractivity contribution >= 4 is 33.3 Å². The van der Waals surface area contributed by atoms with Gasteiger partial charge in [-0.3, -0.25) is 14.6 Å². The van der Waals surface area contributed by atoms with Gasteiger partial charge in [0, 0.05) is 29.0 Å². The predicted molar refractivity (Wildman–Crippen MR) is 87.7 cm³/mol. The van der Waals surface area contributed by atoms with Crippen molar-refractivity contribution in [1.29, 1.82) is 5.26 Å². The van der Waals surface area contributed by atoms with E-state index in [9.17, 15) is 14.9 Å². The third-order valence-corrected chi connectivity index (χ3v) is 4.32. The Morgan fingerprint density at radius 1 is 1.43 bits per heavy atom. The molecular weight excluding hydrogens is 358 g/mol. The van der Waals surface area contributed by atoms with Crippen molar-refractivity contribution in [2.24, 2.45) is 0 Å². The number of pyridine rings is 1. The highest BCUT2D eigenvalue weighted by Crippen LogP contribution is 2.37. The zero-order chi connectivity index (χ0) is 16.4. The molecule has 0 radical (unpaired) electrons. The van der Waals surface area contributed by atoms with Crippen molar-refractivity contribution in [3.05, 3.63) is 58.3 Å². The lowest BCUT2D eigenvalue weighted by Gasteiger charge is -2.26. The Balaban J connectivity index is 2.01. The van der Waals surface area contributed by atoms with Crippen molar-refractivity contribution in [3.63, 3.8) is 0 Å². The van der Waals surface area contributed by atoms with Gasteiger partial charge in [0.15, 0.2) is 5.78 Å². The Bertz CT molecular complexity index is 814. The predicted octanol–water partition coefficient (Wildman–Crippen LogP) is 3.15. The number of rotatable bonds is 3. The number of hydrogen-bond acceptors (Lipinski definition) is 4. The monoisotopic (exact) mass is 369 g/mol. The largest absolute Gasteiger partial charge is 0.326 e. The van der Waals surface area contributed by atoms with Gasteiger partial charge < -0.3 is 5.32 Å². The molecular formula is C17H12BrN3O2. The van der Waals surface area contributed by atoms with Crippen molar-refractivity contribution in [1.82, 2.24) is 4.98 Å². The highest BCUT2D eigenvalue weighted by molar-refractivity contribution is 9.10. The van der Waals surface area contributed by atoms with Crippen LogP contribution in [-0.4, -0.2) is 16.7 Å². The second kappa shape index (κ2) is 6.31. The van der Waals surface area contributed by atoms with Gasteiger partial charge in [-0.1, -0.05) is 22.0 Å². The fourth-order valence-electron chi connectivity index (χ4n) is 2.74. The number of halogens is 1. The minimum atomic E-state index is -0.938. The maximum atomic E-state index is 12.9. The van der Waals surface area contributed by atoms with E-state index in [-0.39, 0.29) is 18.1 Å². The quantitative estimate of drug-likeness (QED) is 0.900. The highest BCUT2D eigenvalue weighted by Gasteiger charge is 2.35. The van der Waals surface area contributed by atoms with Crippen LogP contribution in [-0.2, 0) is 9.59 Å². The number of ketones is 1. The molecule has 0 saturated carbocycles. The normalized spacial score (nSPS) is 17.6.